The van der Waals surface area contributed by atoms with Crippen LogP contribution in [0.1, 0.15) is 24.8 Å². The van der Waals surface area contributed by atoms with Crippen molar-refractivity contribution in [3.8, 4) is 0 Å². The normalized spacial score (nSPS) is 17.8. The number of hydrogen-bond acceptors (Lipinski definition) is 4. The Morgan fingerprint density at radius 1 is 1.20 bits per heavy atom. The van der Waals surface area contributed by atoms with E-state index in [1.54, 1.807) is 7.05 Å². The lowest BCUT2D eigenvalue weighted by atomic mass is 9.93. The van der Waals surface area contributed by atoms with E-state index < -0.39 is 0 Å². The summed E-state index contributed by atoms with van der Waals surface area (Å²) in [5.74, 6) is 1.55. The average molecular weight is 528 g/mol. The smallest absolute Gasteiger partial charge is 0.239 e. The number of likely N-dealkylation sites (tertiary alicyclic amines) is 1. The third-order valence-corrected chi connectivity index (χ3v) is 5.67. The highest BCUT2D eigenvalue weighted by Crippen LogP contribution is 2.21. The second-order valence-electron chi connectivity index (χ2n) is 7.65. The number of hydrogen-bond donors (Lipinski definition) is 3. The van der Waals surface area contributed by atoms with E-state index in [4.69, 9.17) is 0 Å². The van der Waals surface area contributed by atoms with Crippen molar-refractivity contribution >= 4 is 47.4 Å². The highest BCUT2D eigenvalue weighted by molar-refractivity contribution is 14.0. The lowest BCUT2D eigenvalue weighted by Crippen LogP contribution is -2.47. The van der Waals surface area contributed by atoms with Gasteiger partial charge in [0.1, 0.15) is 0 Å². The average Bonchev–Trinajstić information content (AvgIpc) is 2.75. The van der Waals surface area contributed by atoms with E-state index in [2.05, 4.69) is 55.0 Å². The van der Waals surface area contributed by atoms with Gasteiger partial charge in [-0.25, -0.2) is 0 Å². The number of amides is 2. The van der Waals surface area contributed by atoms with Gasteiger partial charge in [-0.1, -0.05) is 12.1 Å². The number of halogens is 1. The number of piperidine rings is 1. The molecule has 2 aliphatic rings. The third-order valence-electron chi connectivity index (χ3n) is 5.67. The van der Waals surface area contributed by atoms with Crippen LogP contribution in [0.15, 0.2) is 29.3 Å². The summed E-state index contributed by atoms with van der Waals surface area (Å²) in [5.41, 5.74) is 2.25. The van der Waals surface area contributed by atoms with Gasteiger partial charge in [0, 0.05) is 58.9 Å². The summed E-state index contributed by atoms with van der Waals surface area (Å²) in [4.78, 5) is 31.9. The van der Waals surface area contributed by atoms with Gasteiger partial charge in [-0.15, -0.1) is 24.0 Å². The first-order valence-electron chi connectivity index (χ1n) is 10.4. The molecule has 0 aromatic heterocycles. The van der Waals surface area contributed by atoms with E-state index in [-0.39, 0.29) is 35.8 Å². The molecular weight excluding hydrogens is 495 g/mol. The molecule has 2 amide bonds. The van der Waals surface area contributed by atoms with E-state index in [1.165, 1.54) is 5.56 Å². The second kappa shape index (κ2) is 12.0. The molecule has 2 fully saturated rings. The van der Waals surface area contributed by atoms with Crippen molar-refractivity contribution in [2.24, 2.45) is 10.9 Å². The van der Waals surface area contributed by atoms with E-state index >= 15 is 0 Å². The maximum Gasteiger partial charge on any atom is 0.239 e. The molecule has 2 heterocycles. The first-order valence-corrected chi connectivity index (χ1v) is 10.4. The van der Waals surface area contributed by atoms with Crippen LogP contribution >= 0.6 is 24.0 Å². The van der Waals surface area contributed by atoms with E-state index in [1.807, 2.05) is 7.05 Å². The van der Waals surface area contributed by atoms with Crippen LogP contribution in [0.25, 0.3) is 0 Å². The molecule has 1 aromatic carbocycles. The second-order valence-corrected chi connectivity index (χ2v) is 7.65. The lowest BCUT2D eigenvalue weighted by Gasteiger charge is -2.34. The Hall–Kier alpha value is -2.04. The number of piperazine rings is 1. The van der Waals surface area contributed by atoms with Gasteiger partial charge in [0.2, 0.25) is 11.8 Å². The number of nitrogens with one attached hydrogen (secondary N) is 3. The lowest BCUT2D eigenvalue weighted by molar-refractivity contribution is -0.122. The summed E-state index contributed by atoms with van der Waals surface area (Å²) in [6, 6.07) is 8.33. The monoisotopic (exact) mass is 528 g/mol. The zero-order valence-corrected chi connectivity index (χ0v) is 20.1. The van der Waals surface area contributed by atoms with E-state index in [0.717, 1.165) is 44.1 Å². The summed E-state index contributed by atoms with van der Waals surface area (Å²) >= 11 is 0. The predicted octanol–water partition coefficient (Wildman–Crippen LogP) is 1.16. The fourth-order valence-corrected chi connectivity index (χ4v) is 3.91. The highest BCUT2D eigenvalue weighted by atomic mass is 127. The summed E-state index contributed by atoms with van der Waals surface area (Å²) in [6.45, 7) is 4.48. The highest BCUT2D eigenvalue weighted by Gasteiger charge is 2.23. The maximum absolute atomic E-state index is 11.6. The SMILES string of the molecule is CN=C(NCc1ccc(N2CCNC(=O)C2)cc1)N1CCC(CC(=O)NC)CC1.I. The molecule has 0 saturated carbocycles. The summed E-state index contributed by atoms with van der Waals surface area (Å²) < 4.78 is 0. The molecule has 0 bridgehead atoms. The Morgan fingerprint density at radius 3 is 2.50 bits per heavy atom. The predicted molar refractivity (Wildman–Crippen MR) is 130 cm³/mol. The Labute approximate surface area is 195 Å². The molecule has 0 radical (unpaired) electrons. The number of guanidine groups is 1. The van der Waals surface area contributed by atoms with Gasteiger partial charge in [-0.05, 0) is 36.5 Å². The molecule has 1 aromatic rings. The van der Waals surface area contributed by atoms with Crippen molar-refractivity contribution in [1.29, 1.82) is 0 Å². The quantitative estimate of drug-likeness (QED) is 0.304. The van der Waals surface area contributed by atoms with Crippen molar-refractivity contribution in [1.82, 2.24) is 20.9 Å². The van der Waals surface area contributed by atoms with Crippen LogP contribution in [0.2, 0.25) is 0 Å². The topological polar surface area (TPSA) is 89.1 Å². The fraction of sp³-hybridized carbons (Fsp3) is 0.571. The van der Waals surface area contributed by atoms with Crippen molar-refractivity contribution in [3.05, 3.63) is 29.8 Å². The zero-order chi connectivity index (χ0) is 20.6. The molecule has 9 heteroatoms. The number of nitrogens with zero attached hydrogens (tertiary/aromatic N) is 3. The number of rotatable bonds is 5. The molecule has 30 heavy (non-hydrogen) atoms. The van der Waals surface area contributed by atoms with E-state index in [9.17, 15) is 9.59 Å². The minimum absolute atomic E-state index is 0. The summed E-state index contributed by atoms with van der Waals surface area (Å²) in [6.07, 6.45) is 2.62. The summed E-state index contributed by atoms with van der Waals surface area (Å²) in [7, 11) is 3.50. The molecule has 3 N–H and O–H groups in total. The molecule has 0 spiro atoms. The number of carbonyl (C=O) groups is 2. The Bertz CT molecular complexity index is 732. The fourth-order valence-electron chi connectivity index (χ4n) is 3.91. The standard InChI is InChI=1S/C21H32N6O2.HI/c1-22-19(28)13-16-7-10-26(11-8-16)21(23-2)25-14-17-3-5-18(6-4-17)27-12-9-24-20(29)15-27;/h3-6,16H,7-15H2,1-2H3,(H,22,28)(H,23,25)(H,24,29);1H. The molecule has 0 aliphatic carbocycles. The van der Waals surface area contributed by atoms with Crippen molar-refractivity contribution in [2.75, 3.05) is 51.7 Å². The van der Waals surface area contributed by atoms with Crippen molar-refractivity contribution in [3.63, 3.8) is 0 Å². The first kappa shape index (κ1) is 24.2. The Balaban J connectivity index is 0.00000320. The largest absolute Gasteiger partial charge is 0.360 e. The van der Waals surface area contributed by atoms with Crippen LogP contribution in [0.4, 0.5) is 5.69 Å². The molecule has 0 atom stereocenters. The number of aliphatic imine (C=N–C) groups is 1. The van der Waals surface area contributed by atoms with Gasteiger partial charge in [0.05, 0.1) is 6.54 Å². The molecule has 2 aliphatic heterocycles. The van der Waals surface area contributed by atoms with Crippen LogP contribution in [-0.2, 0) is 16.1 Å². The number of carbonyl (C=O) groups excluding carboxylic acids is 2. The van der Waals surface area contributed by atoms with Crippen LogP contribution in [0, 0.1) is 5.92 Å². The van der Waals surface area contributed by atoms with Crippen LogP contribution in [0.5, 0.6) is 0 Å². The minimum atomic E-state index is 0. The molecule has 166 valence electrons. The number of benzene rings is 1. The maximum atomic E-state index is 11.6. The van der Waals surface area contributed by atoms with Gasteiger partial charge in [-0.2, -0.15) is 0 Å². The minimum Gasteiger partial charge on any atom is -0.360 e. The molecular formula is C21H33IN6O2. The van der Waals surface area contributed by atoms with Crippen LogP contribution in [0.3, 0.4) is 0 Å². The Morgan fingerprint density at radius 2 is 1.90 bits per heavy atom. The number of anilines is 1. The van der Waals surface area contributed by atoms with Crippen molar-refractivity contribution in [2.45, 2.75) is 25.8 Å². The van der Waals surface area contributed by atoms with E-state index in [0.29, 0.717) is 32.0 Å². The van der Waals surface area contributed by atoms with Gasteiger partial charge in [0.15, 0.2) is 5.96 Å². The van der Waals surface area contributed by atoms with Gasteiger partial charge < -0.3 is 25.8 Å². The Kier molecular flexibility index (Phi) is 9.67. The van der Waals surface area contributed by atoms with Crippen LogP contribution in [-0.4, -0.2) is 69.5 Å². The molecule has 8 nitrogen and oxygen atoms in total. The van der Waals surface area contributed by atoms with Gasteiger partial charge >= 0.3 is 0 Å². The third kappa shape index (κ3) is 6.75. The summed E-state index contributed by atoms with van der Waals surface area (Å²) in [5, 5.41) is 9.01. The molecule has 0 unspecified atom stereocenters. The molecule has 3 rings (SSSR count). The van der Waals surface area contributed by atoms with Gasteiger partial charge in [0.25, 0.3) is 0 Å². The van der Waals surface area contributed by atoms with Crippen molar-refractivity contribution < 1.29 is 9.59 Å². The zero-order valence-electron chi connectivity index (χ0n) is 17.8. The van der Waals surface area contributed by atoms with Gasteiger partial charge in [-0.3, -0.25) is 14.6 Å². The molecule has 2 saturated heterocycles. The van der Waals surface area contributed by atoms with Crippen LogP contribution < -0.4 is 20.9 Å². The first-order chi connectivity index (χ1) is 14.1.